The minimum atomic E-state index is -0.502. The van der Waals surface area contributed by atoms with Crippen LogP contribution in [0.15, 0.2) is 59.7 Å². The van der Waals surface area contributed by atoms with Crippen molar-refractivity contribution in [1.29, 1.82) is 5.26 Å². The molecule has 0 amide bonds. The van der Waals surface area contributed by atoms with Gasteiger partial charge in [-0.15, -0.1) is 0 Å². The number of aromatic nitrogens is 3. The summed E-state index contributed by atoms with van der Waals surface area (Å²) in [5.41, 5.74) is 3.75. The lowest BCUT2D eigenvalue weighted by molar-refractivity contribution is 0.296. The van der Waals surface area contributed by atoms with Crippen molar-refractivity contribution in [3.63, 3.8) is 0 Å². The fourth-order valence-electron chi connectivity index (χ4n) is 4.03. The van der Waals surface area contributed by atoms with Crippen molar-refractivity contribution in [1.82, 2.24) is 19.4 Å². The molecule has 0 fully saturated rings. The van der Waals surface area contributed by atoms with Crippen molar-refractivity contribution >= 4 is 23.1 Å². The number of nitriles is 1. The smallest absolute Gasteiger partial charge is 0.266 e. The molecule has 0 radical (unpaired) electrons. The quantitative estimate of drug-likeness (QED) is 0.378. The molecule has 0 spiro atoms. The number of benzene rings is 2. The van der Waals surface area contributed by atoms with Crippen molar-refractivity contribution in [2.45, 2.75) is 27.3 Å². The number of rotatable bonds is 7. The molecule has 0 aliphatic rings. The van der Waals surface area contributed by atoms with Gasteiger partial charge in [-0.2, -0.15) is 5.26 Å². The fourth-order valence-corrected chi connectivity index (χ4v) is 4.03. The Bertz CT molecular complexity index is 1510. The van der Waals surface area contributed by atoms with E-state index in [4.69, 9.17) is 0 Å². The van der Waals surface area contributed by atoms with Crippen molar-refractivity contribution in [3.05, 3.63) is 99.1 Å². The van der Waals surface area contributed by atoms with Gasteiger partial charge in [0.15, 0.2) is 0 Å². The minimum Gasteiger partial charge on any atom is -0.300 e. The first-order valence-corrected chi connectivity index (χ1v) is 11.5. The molecule has 4 rings (SSSR count). The van der Waals surface area contributed by atoms with Crippen LogP contribution in [0.25, 0.3) is 28.7 Å². The van der Waals surface area contributed by atoms with Gasteiger partial charge in [-0.1, -0.05) is 19.9 Å². The number of fused-ring (bicyclic) bond motifs is 1. The topological polar surface area (TPSA) is 74.8 Å². The maximum atomic E-state index is 13.9. The van der Waals surface area contributed by atoms with Crippen molar-refractivity contribution in [2.24, 2.45) is 0 Å². The molecule has 2 heterocycles. The zero-order chi connectivity index (χ0) is 24.9. The van der Waals surface area contributed by atoms with Crippen LogP contribution in [0, 0.1) is 24.1 Å². The zero-order valence-corrected chi connectivity index (χ0v) is 20.0. The van der Waals surface area contributed by atoms with Crippen molar-refractivity contribution in [2.75, 3.05) is 13.1 Å². The standard InChI is InChI=1S/C28H26FN5O/c1-4-33(5-2)18-20-6-7-22(16-30)21(14-20)8-11-27-32-25-10-9-23(29)15-24(25)28(35)34(27)26-17-31-13-12-19(26)3/h6-15,17H,4-5,18H2,1-3H3. The molecule has 0 bridgehead atoms. The fraction of sp³-hybridized carbons (Fsp3) is 0.214. The molecule has 0 N–H and O–H groups in total. The van der Waals surface area contributed by atoms with Crippen LogP contribution < -0.4 is 5.56 Å². The van der Waals surface area contributed by atoms with Crippen molar-refractivity contribution in [3.8, 4) is 11.8 Å². The van der Waals surface area contributed by atoms with Crippen LogP contribution in [0.5, 0.6) is 0 Å². The predicted molar refractivity (Wildman–Crippen MR) is 137 cm³/mol. The number of aryl methyl sites for hydroxylation is 1. The molecule has 0 atom stereocenters. The molecule has 0 saturated heterocycles. The largest absolute Gasteiger partial charge is 0.300 e. The summed E-state index contributed by atoms with van der Waals surface area (Å²) in [7, 11) is 0. The van der Waals surface area contributed by atoms with Gasteiger partial charge in [0.2, 0.25) is 0 Å². The average Bonchev–Trinajstić information content (AvgIpc) is 2.87. The summed E-state index contributed by atoms with van der Waals surface area (Å²) in [5.74, 6) is -0.138. The normalized spacial score (nSPS) is 11.4. The molecule has 0 unspecified atom stereocenters. The van der Waals surface area contributed by atoms with E-state index in [2.05, 4.69) is 34.8 Å². The second-order valence-electron chi connectivity index (χ2n) is 8.26. The summed E-state index contributed by atoms with van der Waals surface area (Å²) in [4.78, 5) is 24.6. The zero-order valence-electron chi connectivity index (χ0n) is 20.0. The summed E-state index contributed by atoms with van der Waals surface area (Å²) < 4.78 is 15.4. The van der Waals surface area contributed by atoms with Crippen LogP contribution in [0.3, 0.4) is 0 Å². The second-order valence-corrected chi connectivity index (χ2v) is 8.26. The van der Waals surface area contributed by atoms with Gasteiger partial charge >= 0.3 is 0 Å². The molecule has 4 aromatic rings. The molecule has 0 aliphatic carbocycles. The van der Waals surface area contributed by atoms with Gasteiger partial charge in [0, 0.05) is 12.7 Å². The van der Waals surface area contributed by atoms with E-state index in [-0.39, 0.29) is 10.9 Å². The number of hydrogen-bond donors (Lipinski definition) is 0. The lowest BCUT2D eigenvalue weighted by Gasteiger charge is -2.18. The predicted octanol–water partition coefficient (Wildman–Crippen LogP) is 5.11. The van der Waals surface area contributed by atoms with Gasteiger partial charge in [-0.3, -0.25) is 19.2 Å². The van der Waals surface area contributed by atoms with Gasteiger partial charge in [-0.05, 0) is 85.3 Å². The Morgan fingerprint density at radius 1 is 1.11 bits per heavy atom. The summed E-state index contributed by atoms with van der Waals surface area (Å²) >= 11 is 0. The summed E-state index contributed by atoms with van der Waals surface area (Å²) in [6.45, 7) is 8.74. The van der Waals surface area contributed by atoms with E-state index in [1.165, 1.54) is 22.8 Å². The first kappa shape index (κ1) is 24.0. The van der Waals surface area contributed by atoms with Crippen LogP contribution in [-0.4, -0.2) is 32.5 Å². The van der Waals surface area contributed by atoms with Crippen LogP contribution >= 0.6 is 0 Å². The van der Waals surface area contributed by atoms with Gasteiger partial charge in [0.05, 0.1) is 34.4 Å². The maximum absolute atomic E-state index is 13.9. The first-order chi connectivity index (χ1) is 16.9. The highest BCUT2D eigenvalue weighted by Crippen LogP contribution is 2.20. The van der Waals surface area contributed by atoms with Crippen LogP contribution in [-0.2, 0) is 6.54 Å². The Morgan fingerprint density at radius 3 is 2.63 bits per heavy atom. The second kappa shape index (κ2) is 10.4. The third-order valence-corrected chi connectivity index (χ3v) is 6.06. The van der Waals surface area contributed by atoms with Crippen LogP contribution in [0.2, 0.25) is 0 Å². The first-order valence-electron chi connectivity index (χ1n) is 11.5. The van der Waals surface area contributed by atoms with Crippen molar-refractivity contribution < 1.29 is 4.39 Å². The van der Waals surface area contributed by atoms with Gasteiger partial charge < -0.3 is 0 Å². The highest BCUT2D eigenvalue weighted by Gasteiger charge is 2.14. The number of hydrogen-bond acceptors (Lipinski definition) is 5. The van der Waals surface area contributed by atoms with Crippen LogP contribution in [0.1, 0.15) is 41.9 Å². The average molecular weight is 468 g/mol. The Hall–Kier alpha value is -4.15. The Balaban J connectivity index is 1.88. The highest BCUT2D eigenvalue weighted by atomic mass is 19.1. The molecular weight excluding hydrogens is 441 g/mol. The number of halogens is 1. The van der Waals surface area contributed by atoms with E-state index in [1.54, 1.807) is 30.6 Å². The van der Waals surface area contributed by atoms with Crippen LogP contribution in [0.4, 0.5) is 4.39 Å². The molecule has 2 aromatic heterocycles. The molecule has 2 aromatic carbocycles. The molecule has 7 heteroatoms. The minimum absolute atomic E-state index is 0.185. The lowest BCUT2D eigenvalue weighted by Crippen LogP contribution is -2.23. The summed E-state index contributed by atoms with van der Waals surface area (Å²) in [6, 6.07) is 13.8. The molecule has 35 heavy (non-hydrogen) atoms. The number of pyridine rings is 1. The SMILES string of the molecule is CCN(CC)Cc1ccc(C#N)c(C=Cc2nc3ccc(F)cc3c(=O)n2-c2cnccc2C)c1. The van der Waals surface area contributed by atoms with E-state index < -0.39 is 5.82 Å². The van der Waals surface area contributed by atoms with Gasteiger partial charge in [0.1, 0.15) is 11.6 Å². The van der Waals surface area contributed by atoms with E-state index >= 15 is 0 Å². The van der Waals surface area contributed by atoms with Gasteiger partial charge in [0.25, 0.3) is 5.56 Å². The number of nitrogens with zero attached hydrogens (tertiary/aromatic N) is 5. The Kier molecular flexibility index (Phi) is 7.14. The molecule has 176 valence electrons. The Labute approximate surface area is 203 Å². The third kappa shape index (κ3) is 5.03. The summed E-state index contributed by atoms with van der Waals surface area (Å²) in [5, 5.41) is 9.84. The van der Waals surface area contributed by atoms with E-state index in [0.717, 1.165) is 36.3 Å². The van der Waals surface area contributed by atoms with E-state index in [0.29, 0.717) is 22.6 Å². The molecule has 6 nitrogen and oxygen atoms in total. The molecular formula is C28H26FN5O. The molecule has 0 saturated carbocycles. The lowest BCUT2D eigenvalue weighted by atomic mass is 10.0. The highest BCUT2D eigenvalue weighted by molar-refractivity contribution is 5.80. The maximum Gasteiger partial charge on any atom is 0.266 e. The third-order valence-electron chi connectivity index (χ3n) is 6.06. The monoisotopic (exact) mass is 467 g/mol. The van der Waals surface area contributed by atoms with E-state index in [1.807, 2.05) is 25.1 Å². The summed E-state index contributed by atoms with van der Waals surface area (Å²) in [6.07, 6.45) is 6.75. The van der Waals surface area contributed by atoms with Gasteiger partial charge in [-0.25, -0.2) is 9.37 Å². The Morgan fingerprint density at radius 2 is 1.91 bits per heavy atom. The van der Waals surface area contributed by atoms with E-state index in [9.17, 15) is 14.4 Å². The molecule has 0 aliphatic heterocycles.